The van der Waals surface area contributed by atoms with E-state index in [0.29, 0.717) is 17.3 Å². The minimum atomic E-state index is -0.338. The van der Waals surface area contributed by atoms with Crippen LogP contribution in [0.3, 0.4) is 0 Å². The molecule has 1 fully saturated rings. The van der Waals surface area contributed by atoms with E-state index in [1.807, 2.05) is 31.3 Å². The summed E-state index contributed by atoms with van der Waals surface area (Å²) in [6.07, 6.45) is 4.17. The Kier molecular flexibility index (Phi) is 5.18. The van der Waals surface area contributed by atoms with E-state index < -0.39 is 0 Å². The number of benzene rings is 2. The molecule has 1 unspecified atom stereocenters. The van der Waals surface area contributed by atoms with Crippen molar-refractivity contribution in [3.63, 3.8) is 0 Å². The molecule has 6 heteroatoms. The first-order valence-electron chi connectivity index (χ1n) is 9.26. The van der Waals surface area contributed by atoms with Gasteiger partial charge in [-0.05, 0) is 37.5 Å². The molecule has 1 amide bonds. The maximum absolute atomic E-state index is 12.7. The zero-order valence-electron chi connectivity index (χ0n) is 15.5. The topological polar surface area (TPSA) is 70.7 Å². The Balaban J connectivity index is 1.53. The number of imidazole rings is 1. The predicted molar refractivity (Wildman–Crippen MR) is 111 cm³/mol. The van der Waals surface area contributed by atoms with Crippen molar-refractivity contribution in [2.24, 2.45) is 0 Å². The Labute approximate surface area is 168 Å². The van der Waals surface area contributed by atoms with Crippen LogP contribution in [0.5, 0.6) is 0 Å². The number of carbonyl (C=O) groups is 1. The van der Waals surface area contributed by atoms with E-state index in [9.17, 15) is 10.1 Å². The average molecular weight is 388 g/mol. The zero-order chi connectivity index (χ0) is 19.5. The maximum Gasteiger partial charge on any atom is 0.237 e. The lowest BCUT2D eigenvalue weighted by molar-refractivity contribution is -0.115. The Morgan fingerprint density at radius 3 is 2.64 bits per heavy atom. The molecule has 5 nitrogen and oxygen atoms in total. The molecule has 0 bridgehead atoms. The van der Waals surface area contributed by atoms with E-state index in [2.05, 4.69) is 33.1 Å². The average Bonchev–Trinajstić information content (AvgIpc) is 3.49. The minimum absolute atomic E-state index is 0.140. The van der Waals surface area contributed by atoms with Crippen molar-refractivity contribution in [2.45, 2.75) is 36.2 Å². The molecular formula is C22H20N4OS. The highest BCUT2D eigenvalue weighted by molar-refractivity contribution is 8.00. The highest BCUT2D eigenvalue weighted by Gasteiger charge is 2.30. The summed E-state index contributed by atoms with van der Waals surface area (Å²) in [7, 11) is 0. The molecule has 2 aromatic carbocycles. The number of nitriles is 1. The van der Waals surface area contributed by atoms with Crippen LogP contribution < -0.4 is 5.32 Å². The third-order valence-corrected chi connectivity index (χ3v) is 5.78. The van der Waals surface area contributed by atoms with Gasteiger partial charge in [0.15, 0.2) is 5.16 Å². The molecular weight excluding hydrogens is 368 g/mol. The largest absolute Gasteiger partial charge is 0.324 e. The van der Waals surface area contributed by atoms with Crippen LogP contribution in [0.4, 0.5) is 5.69 Å². The fraction of sp³-hybridized carbons (Fsp3) is 0.227. The monoisotopic (exact) mass is 388 g/mol. The highest BCUT2D eigenvalue weighted by atomic mass is 32.2. The van der Waals surface area contributed by atoms with Gasteiger partial charge < -0.3 is 9.88 Å². The third kappa shape index (κ3) is 3.80. The van der Waals surface area contributed by atoms with Gasteiger partial charge in [0.1, 0.15) is 6.07 Å². The van der Waals surface area contributed by atoms with Crippen LogP contribution in [0.1, 0.15) is 31.4 Å². The van der Waals surface area contributed by atoms with Crippen molar-refractivity contribution in [3.8, 4) is 17.3 Å². The van der Waals surface area contributed by atoms with E-state index >= 15 is 0 Å². The molecule has 3 aromatic rings. The summed E-state index contributed by atoms with van der Waals surface area (Å²) in [6, 6.07) is 19.8. The molecule has 0 aliphatic heterocycles. The molecule has 1 heterocycles. The Morgan fingerprint density at radius 1 is 1.21 bits per heavy atom. The van der Waals surface area contributed by atoms with Gasteiger partial charge in [0, 0.05) is 6.04 Å². The Hall–Kier alpha value is -3.04. The van der Waals surface area contributed by atoms with Crippen molar-refractivity contribution < 1.29 is 4.79 Å². The number of carbonyl (C=O) groups excluding carboxylic acids is 1. The van der Waals surface area contributed by atoms with E-state index in [1.54, 1.807) is 24.3 Å². The molecule has 4 rings (SSSR count). The van der Waals surface area contributed by atoms with Crippen molar-refractivity contribution in [2.75, 3.05) is 5.32 Å². The van der Waals surface area contributed by atoms with Gasteiger partial charge in [-0.3, -0.25) is 4.79 Å². The molecule has 1 atom stereocenters. The normalized spacial score (nSPS) is 14.3. The molecule has 0 saturated heterocycles. The standard InChI is InChI=1S/C22H20N4OS/c1-15(21(27)25-19-10-6-5-9-17(19)13-23)28-22-24-14-20(26(22)18-11-12-18)16-7-3-2-4-8-16/h2-10,14-15,18H,11-12H2,1H3,(H,25,27). The van der Waals surface area contributed by atoms with Crippen LogP contribution in [0.25, 0.3) is 11.3 Å². The van der Waals surface area contributed by atoms with Crippen molar-refractivity contribution >= 4 is 23.4 Å². The van der Waals surface area contributed by atoms with Crippen molar-refractivity contribution in [3.05, 3.63) is 66.4 Å². The number of thioether (sulfide) groups is 1. The number of amides is 1. The van der Waals surface area contributed by atoms with E-state index in [4.69, 9.17) is 0 Å². The number of hydrogen-bond acceptors (Lipinski definition) is 4. The smallest absolute Gasteiger partial charge is 0.237 e. The van der Waals surface area contributed by atoms with Gasteiger partial charge in [-0.15, -0.1) is 0 Å². The fourth-order valence-corrected chi connectivity index (χ4v) is 4.03. The summed E-state index contributed by atoms with van der Waals surface area (Å²) in [6.45, 7) is 1.86. The maximum atomic E-state index is 12.7. The molecule has 1 aliphatic carbocycles. The second-order valence-corrected chi connectivity index (χ2v) is 8.11. The van der Waals surface area contributed by atoms with Gasteiger partial charge in [-0.1, -0.05) is 54.2 Å². The van der Waals surface area contributed by atoms with E-state index in [0.717, 1.165) is 29.3 Å². The van der Waals surface area contributed by atoms with Crippen LogP contribution in [-0.4, -0.2) is 20.7 Å². The van der Waals surface area contributed by atoms with Gasteiger partial charge in [0.2, 0.25) is 5.91 Å². The summed E-state index contributed by atoms with van der Waals surface area (Å²) in [5.41, 5.74) is 3.22. The molecule has 1 aromatic heterocycles. The number of nitrogens with one attached hydrogen (secondary N) is 1. The molecule has 1 saturated carbocycles. The second kappa shape index (κ2) is 7.91. The lowest BCUT2D eigenvalue weighted by Crippen LogP contribution is -2.23. The van der Waals surface area contributed by atoms with Gasteiger partial charge in [0.05, 0.1) is 28.4 Å². The molecule has 140 valence electrons. The molecule has 28 heavy (non-hydrogen) atoms. The summed E-state index contributed by atoms with van der Waals surface area (Å²) in [5, 5.41) is 12.6. The quantitative estimate of drug-likeness (QED) is 0.611. The van der Waals surface area contributed by atoms with Crippen LogP contribution in [-0.2, 0) is 4.79 Å². The first-order chi connectivity index (χ1) is 13.7. The SMILES string of the molecule is CC(Sc1ncc(-c2ccccc2)n1C1CC1)C(=O)Nc1ccccc1C#N. The Morgan fingerprint density at radius 2 is 1.93 bits per heavy atom. The van der Waals surface area contributed by atoms with Gasteiger partial charge >= 0.3 is 0 Å². The van der Waals surface area contributed by atoms with Crippen molar-refractivity contribution in [1.29, 1.82) is 5.26 Å². The summed E-state index contributed by atoms with van der Waals surface area (Å²) in [4.78, 5) is 17.3. The molecule has 1 aliphatic rings. The first kappa shape index (κ1) is 18.3. The Bertz CT molecular complexity index is 1030. The van der Waals surface area contributed by atoms with Crippen LogP contribution in [0, 0.1) is 11.3 Å². The molecule has 1 N–H and O–H groups in total. The number of nitrogens with zero attached hydrogens (tertiary/aromatic N) is 3. The lowest BCUT2D eigenvalue weighted by Gasteiger charge is -2.15. The summed E-state index contributed by atoms with van der Waals surface area (Å²) < 4.78 is 2.26. The second-order valence-electron chi connectivity index (χ2n) is 6.80. The number of anilines is 1. The van der Waals surface area contributed by atoms with Gasteiger partial charge in [0.25, 0.3) is 0 Å². The fourth-order valence-electron chi connectivity index (χ4n) is 3.07. The summed E-state index contributed by atoms with van der Waals surface area (Å²) in [5.74, 6) is -0.140. The zero-order valence-corrected chi connectivity index (χ0v) is 16.3. The predicted octanol–water partition coefficient (Wildman–Crippen LogP) is 4.88. The van der Waals surface area contributed by atoms with Crippen molar-refractivity contribution in [1.82, 2.24) is 9.55 Å². The number of hydrogen-bond donors (Lipinski definition) is 1. The highest BCUT2D eigenvalue weighted by Crippen LogP contribution is 2.42. The van der Waals surface area contributed by atoms with Crippen LogP contribution >= 0.6 is 11.8 Å². The first-order valence-corrected chi connectivity index (χ1v) is 10.1. The molecule has 0 spiro atoms. The lowest BCUT2D eigenvalue weighted by atomic mass is 10.2. The number of aromatic nitrogens is 2. The summed E-state index contributed by atoms with van der Waals surface area (Å²) >= 11 is 1.45. The van der Waals surface area contributed by atoms with Crippen LogP contribution in [0.2, 0.25) is 0 Å². The number of rotatable bonds is 6. The van der Waals surface area contributed by atoms with Crippen LogP contribution in [0.15, 0.2) is 66.0 Å². The van der Waals surface area contributed by atoms with E-state index in [-0.39, 0.29) is 11.2 Å². The number of para-hydroxylation sites is 1. The minimum Gasteiger partial charge on any atom is -0.324 e. The van der Waals surface area contributed by atoms with Gasteiger partial charge in [-0.2, -0.15) is 5.26 Å². The van der Waals surface area contributed by atoms with E-state index in [1.165, 1.54) is 11.8 Å². The third-order valence-electron chi connectivity index (χ3n) is 4.70. The molecule has 0 radical (unpaired) electrons. The van der Waals surface area contributed by atoms with Gasteiger partial charge in [-0.25, -0.2) is 4.98 Å².